The van der Waals surface area contributed by atoms with Crippen molar-refractivity contribution in [3.05, 3.63) is 107 Å². The molecule has 3 aromatic carbocycles. The fourth-order valence-corrected chi connectivity index (χ4v) is 5.75. The van der Waals surface area contributed by atoms with Crippen LogP contribution in [0.5, 0.6) is 0 Å². The Morgan fingerprint density at radius 1 is 0.943 bits per heavy atom. The van der Waals surface area contributed by atoms with Crippen LogP contribution in [-0.2, 0) is 0 Å². The Bertz CT molecular complexity index is 1570. The molecule has 0 spiro atoms. The first-order valence-electron chi connectivity index (χ1n) is 11.4. The number of aromatic carboxylic acids is 1. The number of carboxylic acid groups (broad SMARTS) is 1. The molecule has 0 saturated heterocycles. The van der Waals surface area contributed by atoms with Crippen LogP contribution >= 0.6 is 11.3 Å². The molecule has 0 fully saturated rings. The predicted octanol–water partition coefficient (Wildman–Crippen LogP) is 6.55. The summed E-state index contributed by atoms with van der Waals surface area (Å²) in [6.07, 6.45) is 6.37. The molecule has 35 heavy (non-hydrogen) atoms. The van der Waals surface area contributed by atoms with Gasteiger partial charge in [0.05, 0.1) is 5.56 Å². The number of nitrogens with two attached hydrogens (primary N) is 2. The van der Waals surface area contributed by atoms with Crippen molar-refractivity contribution in [2.75, 3.05) is 0 Å². The largest absolute Gasteiger partial charge is 0.478 e. The fraction of sp³-hybridized carbons (Fsp3) is 0.103. The monoisotopic (exact) mass is 479 g/mol. The van der Waals surface area contributed by atoms with E-state index in [0.717, 1.165) is 41.5 Å². The van der Waals surface area contributed by atoms with Gasteiger partial charge in [-0.05, 0) is 77.9 Å². The molecule has 0 aliphatic heterocycles. The zero-order chi connectivity index (χ0) is 24.5. The van der Waals surface area contributed by atoms with E-state index in [9.17, 15) is 9.90 Å². The van der Waals surface area contributed by atoms with E-state index in [4.69, 9.17) is 16.9 Å². The smallest absolute Gasteiger partial charge is 0.335 e. The van der Waals surface area contributed by atoms with Crippen LogP contribution in [0.25, 0.3) is 31.3 Å². The van der Waals surface area contributed by atoms with Gasteiger partial charge in [0.1, 0.15) is 5.84 Å². The molecule has 6 N–H and O–H groups in total. The standard InChI is InChI=1S/C29H25N3O2S/c30-24-16-19(17-9-11-18(12-10-17)29(33)34)5-1-2-6-21(27(24)28(31)32)20-13-14-26-23(15-20)22-7-3-4-8-25(22)35-26/h3-5,7-16H,1-2,6,30H2,(H3,31,32)(H,33,34)/b19-5-,24-16?,27-21?. The summed E-state index contributed by atoms with van der Waals surface area (Å²) >= 11 is 1.77. The van der Waals surface area contributed by atoms with E-state index in [1.54, 1.807) is 35.6 Å². The summed E-state index contributed by atoms with van der Waals surface area (Å²) in [6.45, 7) is 0. The van der Waals surface area contributed by atoms with E-state index in [-0.39, 0.29) is 11.4 Å². The third-order valence-electron chi connectivity index (χ3n) is 6.36. The van der Waals surface area contributed by atoms with Gasteiger partial charge in [0.25, 0.3) is 0 Å². The summed E-state index contributed by atoms with van der Waals surface area (Å²) < 4.78 is 2.47. The Kier molecular flexibility index (Phi) is 5.97. The number of hydrogen-bond acceptors (Lipinski definition) is 4. The molecule has 1 aromatic heterocycles. The lowest BCUT2D eigenvalue weighted by Gasteiger charge is -2.16. The van der Waals surface area contributed by atoms with E-state index < -0.39 is 5.97 Å². The van der Waals surface area contributed by atoms with Gasteiger partial charge in [0.2, 0.25) is 0 Å². The molecule has 5 nitrogen and oxygen atoms in total. The van der Waals surface area contributed by atoms with Crippen molar-refractivity contribution in [1.82, 2.24) is 0 Å². The minimum absolute atomic E-state index is 0.0634. The van der Waals surface area contributed by atoms with Crippen molar-refractivity contribution >= 4 is 54.5 Å². The van der Waals surface area contributed by atoms with Crippen molar-refractivity contribution < 1.29 is 9.90 Å². The van der Waals surface area contributed by atoms with Crippen molar-refractivity contribution in [1.29, 1.82) is 5.41 Å². The highest BCUT2D eigenvalue weighted by Crippen LogP contribution is 2.38. The predicted molar refractivity (Wildman–Crippen MR) is 146 cm³/mol. The summed E-state index contributed by atoms with van der Waals surface area (Å²) in [5.41, 5.74) is 17.7. The highest BCUT2D eigenvalue weighted by Gasteiger charge is 2.18. The van der Waals surface area contributed by atoms with Crippen LogP contribution in [0, 0.1) is 5.41 Å². The summed E-state index contributed by atoms with van der Waals surface area (Å²) in [7, 11) is 0. The number of fused-ring (bicyclic) bond motifs is 3. The second-order valence-electron chi connectivity index (χ2n) is 8.61. The van der Waals surface area contributed by atoms with E-state index in [2.05, 4.69) is 48.5 Å². The number of nitrogens with one attached hydrogen (secondary N) is 1. The average Bonchev–Trinajstić information content (AvgIpc) is 3.25. The Hall–Kier alpha value is -4.16. The summed E-state index contributed by atoms with van der Waals surface area (Å²) in [4.78, 5) is 11.2. The molecule has 1 heterocycles. The molecule has 5 rings (SSSR count). The first-order valence-corrected chi connectivity index (χ1v) is 12.2. The van der Waals surface area contributed by atoms with Gasteiger partial charge in [0, 0.05) is 31.4 Å². The van der Waals surface area contributed by atoms with E-state index in [1.807, 2.05) is 6.08 Å². The maximum Gasteiger partial charge on any atom is 0.335 e. The number of carboxylic acids is 1. The SMILES string of the molecule is N=C(N)C1=C(c2ccc3sc4ccccc4c3c2)CCC/C=C(\c2ccc(C(=O)O)cc2)C=C1N. The molecule has 6 heteroatoms. The van der Waals surface area contributed by atoms with Gasteiger partial charge in [0.15, 0.2) is 0 Å². The lowest BCUT2D eigenvalue weighted by atomic mass is 9.92. The van der Waals surface area contributed by atoms with Gasteiger partial charge >= 0.3 is 5.97 Å². The van der Waals surface area contributed by atoms with Gasteiger partial charge in [-0.3, -0.25) is 5.41 Å². The number of allylic oxidation sites excluding steroid dienone is 4. The highest BCUT2D eigenvalue weighted by molar-refractivity contribution is 7.25. The zero-order valence-corrected chi connectivity index (χ0v) is 19.9. The molecule has 174 valence electrons. The third kappa shape index (κ3) is 4.36. The van der Waals surface area contributed by atoms with Crippen LogP contribution in [0.2, 0.25) is 0 Å². The number of thiophene rings is 1. The zero-order valence-electron chi connectivity index (χ0n) is 19.0. The van der Waals surface area contributed by atoms with Gasteiger partial charge in [-0.15, -0.1) is 11.3 Å². The summed E-state index contributed by atoms with van der Waals surface area (Å²) in [6, 6.07) is 21.5. The van der Waals surface area contributed by atoms with Crippen LogP contribution < -0.4 is 11.5 Å². The van der Waals surface area contributed by atoms with Crippen molar-refractivity contribution in [3.63, 3.8) is 0 Å². The fourth-order valence-electron chi connectivity index (χ4n) is 4.66. The summed E-state index contributed by atoms with van der Waals surface area (Å²) in [5, 5.41) is 20.0. The first kappa shape index (κ1) is 22.6. The Morgan fingerprint density at radius 2 is 1.66 bits per heavy atom. The number of benzene rings is 3. The average molecular weight is 480 g/mol. The number of amidine groups is 1. The van der Waals surface area contributed by atoms with Gasteiger partial charge in [-0.25, -0.2) is 4.79 Å². The molecular formula is C29H25N3O2S. The minimum atomic E-state index is -0.961. The lowest BCUT2D eigenvalue weighted by Crippen LogP contribution is -2.20. The molecule has 0 radical (unpaired) electrons. The van der Waals surface area contributed by atoms with Gasteiger partial charge in [-0.1, -0.05) is 42.5 Å². The van der Waals surface area contributed by atoms with Crippen molar-refractivity contribution in [2.45, 2.75) is 19.3 Å². The maximum atomic E-state index is 11.2. The highest BCUT2D eigenvalue weighted by atomic mass is 32.1. The third-order valence-corrected chi connectivity index (χ3v) is 7.51. The van der Waals surface area contributed by atoms with E-state index in [1.165, 1.54) is 20.2 Å². The molecular weight excluding hydrogens is 454 g/mol. The van der Waals surface area contributed by atoms with Crippen molar-refractivity contribution in [2.24, 2.45) is 11.5 Å². The topological polar surface area (TPSA) is 113 Å². The quantitative estimate of drug-likeness (QED) is 0.196. The Balaban J connectivity index is 1.63. The molecule has 4 aromatic rings. The minimum Gasteiger partial charge on any atom is -0.478 e. The van der Waals surface area contributed by atoms with Crippen molar-refractivity contribution in [3.8, 4) is 0 Å². The van der Waals surface area contributed by atoms with Gasteiger partial charge < -0.3 is 16.6 Å². The molecule has 1 aliphatic carbocycles. The van der Waals surface area contributed by atoms with Crippen LogP contribution in [0.4, 0.5) is 0 Å². The van der Waals surface area contributed by atoms with Crippen LogP contribution in [0.3, 0.4) is 0 Å². The lowest BCUT2D eigenvalue weighted by molar-refractivity contribution is 0.0697. The molecule has 0 atom stereocenters. The molecule has 1 aliphatic rings. The Morgan fingerprint density at radius 3 is 2.40 bits per heavy atom. The molecule has 0 bridgehead atoms. The maximum absolute atomic E-state index is 11.2. The molecule has 0 unspecified atom stereocenters. The normalized spacial score (nSPS) is 16.2. The molecule has 0 saturated carbocycles. The second-order valence-corrected chi connectivity index (χ2v) is 9.69. The summed E-state index contributed by atoms with van der Waals surface area (Å²) in [5.74, 6) is -1.02. The van der Waals surface area contributed by atoms with E-state index >= 15 is 0 Å². The van der Waals surface area contributed by atoms with Crippen LogP contribution in [0.15, 0.2) is 90.2 Å². The van der Waals surface area contributed by atoms with Crippen LogP contribution in [-0.4, -0.2) is 16.9 Å². The van der Waals surface area contributed by atoms with Gasteiger partial charge in [-0.2, -0.15) is 0 Å². The van der Waals surface area contributed by atoms with Crippen LogP contribution in [0.1, 0.15) is 40.7 Å². The number of hydrogen-bond donors (Lipinski definition) is 4. The van der Waals surface area contributed by atoms with E-state index in [0.29, 0.717) is 11.3 Å². The number of carbonyl (C=O) groups is 1. The Labute approximate surface area is 207 Å². The molecule has 0 amide bonds. The number of rotatable bonds is 4. The second kappa shape index (κ2) is 9.24. The first-order chi connectivity index (χ1) is 16.9.